The van der Waals surface area contributed by atoms with E-state index in [0.717, 1.165) is 11.0 Å². The molecule has 5 heteroatoms. The highest BCUT2D eigenvalue weighted by Gasteiger charge is 2.07. The fraction of sp³-hybridized carbons (Fsp3) is 0. The molecule has 18 heavy (non-hydrogen) atoms. The van der Waals surface area contributed by atoms with E-state index in [1.165, 1.54) is 0 Å². The average molecular weight is 279 g/mol. The van der Waals surface area contributed by atoms with Gasteiger partial charge in [-0.2, -0.15) is 4.98 Å². The summed E-state index contributed by atoms with van der Waals surface area (Å²) in [4.78, 5) is 7.36. The van der Waals surface area contributed by atoms with Crippen molar-refractivity contribution in [3.8, 4) is 11.8 Å². The summed E-state index contributed by atoms with van der Waals surface area (Å²) in [6.07, 6.45) is 0. The minimum Gasteiger partial charge on any atom is -0.424 e. The first-order valence-electron chi connectivity index (χ1n) is 5.30. The number of hydrogen-bond acceptors (Lipinski definition) is 2. The summed E-state index contributed by atoms with van der Waals surface area (Å²) in [5.41, 5.74) is 1.76. The lowest BCUT2D eigenvalue weighted by atomic mass is 10.3. The van der Waals surface area contributed by atoms with Crippen LogP contribution >= 0.6 is 23.2 Å². The standard InChI is InChI=1S/C13H8Cl2N2O/c14-8-5-6-12(9(15)7-8)18-13-16-10-3-1-2-4-11(10)17-13/h1-7H,(H,16,17). The molecule has 0 bridgehead atoms. The minimum atomic E-state index is 0.403. The zero-order chi connectivity index (χ0) is 12.5. The molecular weight excluding hydrogens is 271 g/mol. The summed E-state index contributed by atoms with van der Waals surface area (Å²) in [5.74, 6) is 0.514. The van der Waals surface area contributed by atoms with Crippen LogP contribution in [0.3, 0.4) is 0 Å². The van der Waals surface area contributed by atoms with Crippen molar-refractivity contribution in [1.29, 1.82) is 0 Å². The van der Waals surface area contributed by atoms with Gasteiger partial charge in [0.05, 0.1) is 16.1 Å². The van der Waals surface area contributed by atoms with Gasteiger partial charge in [0.2, 0.25) is 0 Å². The third kappa shape index (κ3) is 2.15. The number of nitrogens with one attached hydrogen (secondary N) is 1. The van der Waals surface area contributed by atoms with Gasteiger partial charge in [0, 0.05) is 5.02 Å². The first-order chi connectivity index (χ1) is 8.72. The Morgan fingerprint density at radius 1 is 1.06 bits per heavy atom. The predicted octanol–water partition coefficient (Wildman–Crippen LogP) is 4.66. The number of ether oxygens (including phenoxy) is 1. The van der Waals surface area contributed by atoms with Gasteiger partial charge in [-0.1, -0.05) is 35.3 Å². The van der Waals surface area contributed by atoms with Crippen LogP contribution in [0.5, 0.6) is 11.8 Å². The Morgan fingerprint density at radius 3 is 2.67 bits per heavy atom. The molecule has 0 aliphatic heterocycles. The smallest absolute Gasteiger partial charge is 0.300 e. The largest absolute Gasteiger partial charge is 0.424 e. The van der Waals surface area contributed by atoms with Crippen molar-refractivity contribution in [3.05, 3.63) is 52.5 Å². The van der Waals surface area contributed by atoms with E-state index in [-0.39, 0.29) is 0 Å². The zero-order valence-corrected chi connectivity index (χ0v) is 10.7. The van der Waals surface area contributed by atoms with E-state index in [0.29, 0.717) is 21.8 Å². The number of H-pyrrole nitrogens is 1. The third-order valence-electron chi connectivity index (χ3n) is 2.47. The highest BCUT2D eigenvalue weighted by molar-refractivity contribution is 6.35. The maximum atomic E-state index is 6.03. The van der Waals surface area contributed by atoms with Gasteiger partial charge in [-0.25, -0.2) is 0 Å². The Hall–Kier alpha value is -1.71. The number of para-hydroxylation sites is 2. The van der Waals surface area contributed by atoms with Gasteiger partial charge < -0.3 is 9.72 Å². The van der Waals surface area contributed by atoms with E-state index in [2.05, 4.69) is 9.97 Å². The number of nitrogens with zero attached hydrogens (tertiary/aromatic N) is 1. The monoisotopic (exact) mass is 278 g/mol. The molecule has 3 rings (SSSR count). The molecule has 0 saturated carbocycles. The van der Waals surface area contributed by atoms with Crippen molar-refractivity contribution >= 4 is 34.2 Å². The Kier molecular flexibility index (Phi) is 2.86. The van der Waals surface area contributed by atoms with Crippen LogP contribution in [0.1, 0.15) is 0 Å². The topological polar surface area (TPSA) is 37.9 Å². The summed E-state index contributed by atoms with van der Waals surface area (Å²) in [5, 5.41) is 1.01. The number of aromatic nitrogens is 2. The molecule has 1 N–H and O–H groups in total. The molecule has 0 aliphatic rings. The van der Waals surface area contributed by atoms with E-state index < -0.39 is 0 Å². The van der Waals surface area contributed by atoms with Gasteiger partial charge in [-0.05, 0) is 30.3 Å². The van der Waals surface area contributed by atoms with E-state index in [1.54, 1.807) is 18.2 Å². The van der Waals surface area contributed by atoms with Crippen LogP contribution < -0.4 is 4.74 Å². The molecule has 3 aromatic rings. The number of halogens is 2. The lowest BCUT2D eigenvalue weighted by molar-refractivity contribution is 0.449. The lowest BCUT2D eigenvalue weighted by Gasteiger charge is -2.03. The van der Waals surface area contributed by atoms with E-state index in [9.17, 15) is 0 Å². The third-order valence-corrected chi connectivity index (χ3v) is 3.00. The van der Waals surface area contributed by atoms with Gasteiger partial charge in [0.25, 0.3) is 6.01 Å². The quantitative estimate of drug-likeness (QED) is 0.740. The van der Waals surface area contributed by atoms with E-state index in [4.69, 9.17) is 27.9 Å². The van der Waals surface area contributed by atoms with Crippen LogP contribution in [0.25, 0.3) is 11.0 Å². The normalized spacial score (nSPS) is 10.8. The van der Waals surface area contributed by atoms with Gasteiger partial charge in [0.15, 0.2) is 0 Å². The van der Waals surface area contributed by atoms with Crippen molar-refractivity contribution in [2.45, 2.75) is 0 Å². The van der Waals surface area contributed by atoms with Crippen LogP contribution in [0.2, 0.25) is 10.0 Å². The van der Waals surface area contributed by atoms with Crippen LogP contribution in [0.4, 0.5) is 0 Å². The van der Waals surface area contributed by atoms with Gasteiger partial charge in [-0.15, -0.1) is 0 Å². The first kappa shape index (κ1) is 11.4. The van der Waals surface area contributed by atoms with Crippen molar-refractivity contribution in [1.82, 2.24) is 9.97 Å². The second-order valence-electron chi connectivity index (χ2n) is 3.74. The Bertz CT molecular complexity index is 676. The molecule has 0 unspecified atom stereocenters. The van der Waals surface area contributed by atoms with E-state index >= 15 is 0 Å². The van der Waals surface area contributed by atoms with E-state index in [1.807, 2.05) is 24.3 Å². The van der Waals surface area contributed by atoms with Gasteiger partial charge >= 0.3 is 0 Å². The van der Waals surface area contributed by atoms with Crippen molar-refractivity contribution in [2.24, 2.45) is 0 Å². The fourth-order valence-corrected chi connectivity index (χ4v) is 2.09. The molecule has 1 aromatic heterocycles. The minimum absolute atomic E-state index is 0.403. The van der Waals surface area contributed by atoms with Crippen LogP contribution in [-0.4, -0.2) is 9.97 Å². The molecule has 0 atom stereocenters. The molecule has 0 amide bonds. The number of aromatic amines is 1. The number of fused-ring (bicyclic) bond motifs is 1. The molecule has 1 heterocycles. The second kappa shape index (κ2) is 4.52. The molecule has 0 fully saturated rings. The van der Waals surface area contributed by atoms with Crippen molar-refractivity contribution < 1.29 is 4.74 Å². The number of rotatable bonds is 2. The van der Waals surface area contributed by atoms with Crippen LogP contribution in [0.15, 0.2) is 42.5 Å². The maximum Gasteiger partial charge on any atom is 0.300 e. The molecule has 0 aliphatic carbocycles. The summed E-state index contributed by atoms with van der Waals surface area (Å²) in [7, 11) is 0. The number of benzene rings is 2. The lowest BCUT2D eigenvalue weighted by Crippen LogP contribution is -1.86. The Morgan fingerprint density at radius 2 is 1.89 bits per heavy atom. The average Bonchev–Trinajstić information content (AvgIpc) is 2.75. The molecule has 0 spiro atoms. The van der Waals surface area contributed by atoms with Crippen molar-refractivity contribution in [2.75, 3.05) is 0 Å². The van der Waals surface area contributed by atoms with Crippen molar-refractivity contribution in [3.63, 3.8) is 0 Å². The van der Waals surface area contributed by atoms with Gasteiger partial charge in [-0.3, -0.25) is 0 Å². The SMILES string of the molecule is Clc1ccc(Oc2nc3ccccc3[nH]2)c(Cl)c1. The summed E-state index contributed by atoms with van der Waals surface area (Å²) < 4.78 is 5.59. The number of imidazole rings is 1. The number of hydrogen-bond donors (Lipinski definition) is 1. The van der Waals surface area contributed by atoms with Gasteiger partial charge in [0.1, 0.15) is 5.75 Å². The Balaban J connectivity index is 1.96. The first-order valence-corrected chi connectivity index (χ1v) is 6.05. The second-order valence-corrected chi connectivity index (χ2v) is 4.58. The summed E-state index contributed by atoms with van der Waals surface area (Å²) in [6, 6.07) is 13.1. The zero-order valence-electron chi connectivity index (χ0n) is 9.15. The van der Waals surface area contributed by atoms with Crippen LogP contribution in [-0.2, 0) is 0 Å². The fourth-order valence-electron chi connectivity index (χ4n) is 1.64. The molecule has 90 valence electrons. The molecule has 2 aromatic carbocycles. The predicted molar refractivity (Wildman–Crippen MR) is 72.6 cm³/mol. The molecule has 3 nitrogen and oxygen atoms in total. The molecule has 0 saturated heterocycles. The summed E-state index contributed by atoms with van der Waals surface area (Å²) in [6.45, 7) is 0. The summed E-state index contributed by atoms with van der Waals surface area (Å²) >= 11 is 11.8. The molecular formula is C13H8Cl2N2O. The van der Waals surface area contributed by atoms with Crippen LogP contribution in [0, 0.1) is 0 Å². The maximum absolute atomic E-state index is 6.03. The highest BCUT2D eigenvalue weighted by atomic mass is 35.5. The Labute approximate surface area is 113 Å². The highest BCUT2D eigenvalue weighted by Crippen LogP contribution is 2.31. The molecule has 0 radical (unpaired) electrons.